The average molecular weight is 463 g/mol. The van der Waals surface area contributed by atoms with Crippen molar-refractivity contribution in [3.8, 4) is 0 Å². The van der Waals surface area contributed by atoms with Crippen LogP contribution in [0.5, 0.6) is 0 Å². The summed E-state index contributed by atoms with van der Waals surface area (Å²) < 4.78 is 55.3. The Labute approximate surface area is 181 Å². The van der Waals surface area contributed by atoms with Gasteiger partial charge in [0.05, 0.1) is 9.79 Å². The van der Waals surface area contributed by atoms with Gasteiger partial charge in [0.1, 0.15) is 0 Å². The molecule has 3 aromatic rings. The summed E-state index contributed by atoms with van der Waals surface area (Å²) in [5.74, 6) is 0. The van der Waals surface area contributed by atoms with Gasteiger partial charge in [-0.05, 0) is 91.9 Å². The van der Waals surface area contributed by atoms with E-state index < -0.39 is 20.0 Å². The smallest absolute Gasteiger partial charge is 0.261 e. The van der Waals surface area contributed by atoms with Crippen LogP contribution in [0.3, 0.4) is 0 Å². The Morgan fingerprint density at radius 3 is 1.60 bits per heavy atom. The molecule has 0 saturated heterocycles. The van der Waals surface area contributed by atoms with Crippen molar-refractivity contribution >= 4 is 43.2 Å². The number of benzene rings is 3. The SMILES string of the molecule is CSc1ccc(S(=O)(=O)Nc2ccc(S(=O)(=O)Nc3ccc(C)c(C)c3)cc2)cc1. The van der Waals surface area contributed by atoms with Gasteiger partial charge in [-0.1, -0.05) is 6.07 Å². The van der Waals surface area contributed by atoms with Crippen molar-refractivity contribution in [1.29, 1.82) is 0 Å². The lowest BCUT2D eigenvalue weighted by atomic mass is 10.1. The summed E-state index contributed by atoms with van der Waals surface area (Å²) in [4.78, 5) is 1.13. The zero-order chi connectivity index (χ0) is 21.9. The van der Waals surface area contributed by atoms with Gasteiger partial charge in [-0.3, -0.25) is 9.44 Å². The van der Waals surface area contributed by atoms with E-state index in [9.17, 15) is 16.8 Å². The van der Waals surface area contributed by atoms with Crippen molar-refractivity contribution in [2.45, 2.75) is 28.5 Å². The maximum Gasteiger partial charge on any atom is 0.261 e. The maximum absolute atomic E-state index is 12.6. The first-order chi connectivity index (χ1) is 14.1. The van der Waals surface area contributed by atoms with Gasteiger partial charge >= 0.3 is 0 Å². The number of nitrogens with one attached hydrogen (secondary N) is 2. The molecule has 3 aromatic carbocycles. The largest absolute Gasteiger partial charge is 0.280 e. The molecular formula is C21H22N2O4S3. The van der Waals surface area contributed by atoms with Gasteiger partial charge in [-0.2, -0.15) is 0 Å². The van der Waals surface area contributed by atoms with Crippen LogP contribution in [0, 0.1) is 13.8 Å². The zero-order valence-electron chi connectivity index (χ0n) is 16.7. The fraction of sp³-hybridized carbons (Fsp3) is 0.143. The Hall–Kier alpha value is -2.49. The predicted molar refractivity (Wildman–Crippen MR) is 122 cm³/mol. The molecule has 6 nitrogen and oxygen atoms in total. The van der Waals surface area contributed by atoms with Crippen LogP contribution in [0.25, 0.3) is 0 Å². The maximum atomic E-state index is 12.6. The summed E-state index contributed by atoms with van der Waals surface area (Å²) in [6, 6.07) is 17.4. The Kier molecular flexibility index (Phi) is 6.44. The van der Waals surface area contributed by atoms with E-state index in [-0.39, 0.29) is 15.5 Å². The summed E-state index contributed by atoms with van der Waals surface area (Å²) in [7, 11) is -7.56. The van der Waals surface area contributed by atoms with E-state index in [1.165, 1.54) is 48.2 Å². The Morgan fingerprint density at radius 1 is 0.633 bits per heavy atom. The molecule has 0 aromatic heterocycles. The number of hydrogen-bond donors (Lipinski definition) is 2. The van der Waals surface area contributed by atoms with Crippen LogP contribution in [0.1, 0.15) is 11.1 Å². The topological polar surface area (TPSA) is 92.3 Å². The van der Waals surface area contributed by atoms with Gasteiger partial charge in [0.15, 0.2) is 0 Å². The molecule has 9 heteroatoms. The Balaban J connectivity index is 1.77. The van der Waals surface area contributed by atoms with Gasteiger partial charge in [0.2, 0.25) is 0 Å². The van der Waals surface area contributed by atoms with Crippen molar-refractivity contribution in [3.63, 3.8) is 0 Å². The zero-order valence-corrected chi connectivity index (χ0v) is 19.2. The molecule has 0 radical (unpaired) electrons. The number of rotatable bonds is 7. The molecular weight excluding hydrogens is 440 g/mol. The molecule has 0 amide bonds. The van der Waals surface area contributed by atoms with Gasteiger partial charge in [0, 0.05) is 16.3 Å². The number of anilines is 2. The second-order valence-corrected chi connectivity index (χ2v) is 11.0. The summed E-state index contributed by atoms with van der Waals surface area (Å²) >= 11 is 1.52. The quantitative estimate of drug-likeness (QED) is 0.500. The van der Waals surface area contributed by atoms with E-state index in [0.29, 0.717) is 5.69 Å². The highest BCUT2D eigenvalue weighted by molar-refractivity contribution is 7.98. The molecule has 0 fully saturated rings. The molecule has 0 unspecified atom stereocenters. The van der Waals surface area contributed by atoms with E-state index in [4.69, 9.17) is 0 Å². The van der Waals surface area contributed by atoms with E-state index in [2.05, 4.69) is 9.44 Å². The highest BCUT2D eigenvalue weighted by Crippen LogP contribution is 2.23. The van der Waals surface area contributed by atoms with Crippen molar-refractivity contribution in [2.24, 2.45) is 0 Å². The molecule has 0 bridgehead atoms. The fourth-order valence-corrected chi connectivity index (χ4v) is 5.21. The lowest BCUT2D eigenvalue weighted by Crippen LogP contribution is -2.14. The van der Waals surface area contributed by atoms with Crippen LogP contribution < -0.4 is 9.44 Å². The molecule has 0 aliphatic rings. The molecule has 0 aliphatic heterocycles. The first kappa shape index (κ1) is 22.2. The summed E-state index contributed by atoms with van der Waals surface area (Å²) in [5.41, 5.74) is 2.79. The summed E-state index contributed by atoms with van der Waals surface area (Å²) in [6.07, 6.45) is 1.91. The molecule has 30 heavy (non-hydrogen) atoms. The number of thioether (sulfide) groups is 1. The molecule has 0 aliphatic carbocycles. The second kappa shape index (κ2) is 8.71. The van der Waals surface area contributed by atoms with Crippen LogP contribution in [0.15, 0.2) is 81.4 Å². The normalized spacial score (nSPS) is 11.8. The molecule has 158 valence electrons. The van der Waals surface area contributed by atoms with E-state index in [1.807, 2.05) is 26.2 Å². The van der Waals surface area contributed by atoms with Crippen LogP contribution in [-0.2, 0) is 20.0 Å². The average Bonchev–Trinajstić information content (AvgIpc) is 2.71. The van der Waals surface area contributed by atoms with Crippen LogP contribution in [0.4, 0.5) is 11.4 Å². The van der Waals surface area contributed by atoms with Gasteiger partial charge in [0.25, 0.3) is 20.0 Å². The molecule has 0 saturated carbocycles. The number of aryl methyl sites for hydroxylation is 2. The monoisotopic (exact) mass is 462 g/mol. The minimum atomic E-state index is -3.79. The van der Waals surface area contributed by atoms with E-state index in [1.54, 1.807) is 24.3 Å². The van der Waals surface area contributed by atoms with Crippen LogP contribution in [0.2, 0.25) is 0 Å². The first-order valence-corrected chi connectivity index (χ1v) is 13.2. The van der Waals surface area contributed by atoms with Gasteiger partial charge < -0.3 is 0 Å². The second-order valence-electron chi connectivity index (χ2n) is 6.71. The van der Waals surface area contributed by atoms with Crippen LogP contribution >= 0.6 is 11.8 Å². The predicted octanol–water partition coefficient (Wildman–Crippen LogP) is 4.63. The minimum Gasteiger partial charge on any atom is -0.280 e. The summed E-state index contributed by atoms with van der Waals surface area (Å²) in [5, 5.41) is 0. The lowest BCUT2D eigenvalue weighted by Gasteiger charge is -2.11. The Morgan fingerprint density at radius 2 is 1.10 bits per heavy atom. The minimum absolute atomic E-state index is 0.0352. The third-order valence-electron chi connectivity index (χ3n) is 4.55. The van der Waals surface area contributed by atoms with Gasteiger partial charge in [-0.15, -0.1) is 11.8 Å². The lowest BCUT2D eigenvalue weighted by molar-refractivity contribution is 0.600. The van der Waals surface area contributed by atoms with Crippen molar-refractivity contribution < 1.29 is 16.8 Å². The number of sulfonamides is 2. The van der Waals surface area contributed by atoms with Gasteiger partial charge in [-0.25, -0.2) is 16.8 Å². The molecule has 0 atom stereocenters. The molecule has 3 rings (SSSR count). The fourth-order valence-electron chi connectivity index (χ4n) is 2.69. The van der Waals surface area contributed by atoms with Crippen molar-refractivity contribution in [2.75, 3.05) is 15.7 Å². The third-order valence-corrected chi connectivity index (χ3v) is 8.08. The standard InChI is InChI=1S/C21H22N2O4S3/c1-15-4-5-18(14-16(15)2)23-30(26,27)20-10-6-17(7-11-20)22-29(24,25)21-12-8-19(28-3)9-13-21/h4-14,22-23H,1-3H3. The highest BCUT2D eigenvalue weighted by atomic mass is 32.2. The van der Waals surface area contributed by atoms with Crippen molar-refractivity contribution in [3.05, 3.63) is 77.9 Å². The van der Waals surface area contributed by atoms with E-state index in [0.717, 1.165) is 16.0 Å². The molecule has 2 N–H and O–H groups in total. The van der Waals surface area contributed by atoms with E-state index >= 15 is 0 Å². The first-order valence-electron chi connectivity index (χ1n) is 8.98. The third kappa shape index (κ3) is 5.16. The number of hydrogen-bond acceptors (Lipinski definition) is 5. The van der Waals surface area contributed by atoms with Crippen LogP contribution in [-0.4, -0.2) is 23.1 Å². The molecule has 0 spiro atoms. The Bertz CT molecular complexity index is 1250. The summed E-state index contributed by atoms with van der Waals surface area (Å²) in [6.45, 7) is 3.85. The van der Waals surface area contributed by atoms with Crippen molar-refractivity contribution in [1.82, 2.24) is 0 Å². The molecule has 0 heterocycles. The highest BCUT2D eigenvalue weighted by Gasteiger charge is 2.17.